The number of hydrogen-bond donors (Lipinski definition) is 2. The number of nitro benzene ring substituents is 1. The van der Waals surface area contributed by atoms with Crippen LogP contribution in [0.2, 0.25) is 0 Å². The fourth-order valence-corrected chi connectivity index (χ4v) is 2.62. The van der Waals surface area contributed by atoms with E-state index in [0.717, 1.165) is 6.07 Å². The van der Waals surface area contributed by atoms with E-state index in [0.29, 0.717) is 6.42 Å². The SMILES string of the molecule is CCC(NC(=O)c1ccc(Br)c([N+](=O)[O-])c1)(C(N)=O)C(C)C. The zero-order valence-electron chi connectivity index (χ0n) is 12.6. The molecule has 0 spiro atoms. The molecule has 120 valence electrons. The average molecular weight is 372 g/mol. The van der Waals surface area contributed by atoms with Crippen molar-refractivity contribution in [3.8, 4) is 0 Å². The molecule has 0 saturated heterocycles. The van der Waals surface area contributed by atoms with Crippen LogP contribution < -0.4 is 11.1 Å². The lowest BCUT2D eigenvalue weighted by Gasteiger charge is -2.34. The maximum absolute atomic E-state index is 12.4. The second-order valence-electron chi connectivity index (χ2n) is 5.22. The molecule has 0 bridgehead atoms. The smallest absolute Gasteiger partial charge is 0.284 e. The lowest BCUT2D eigenvalue weighted by atomic mass is 9.82. The highest BCUT2D eigenvalue weighted by molar-refractivity contribution is 9.10. The molecule has 1 unspecified atom stereocenters. The van der Waals surface area contributed by atoms with Gasteiger partial charge in [0.1, 0.15) is 5.54 Å². The Hall–Kier alpha value is -1.96. The van der Waals surface area contributed by atoms with Gasteiger partial charge in [0.25, 0.3) is 11.6 Å². The van der Waals surface area contributed by atoms with Crippen molar-refractivity contribution < 1.29 is 14.5 Å². The van der Waals surface area contributed by atoms with Crippen molar-refractivity contribution >= 4 is 33.4 Å². The number of carbonyl (C=O) groups excluding carboxylic acids is 2. The summed E-state index contributed by atoms with van der Waals surface area (Å²) < 4.78 is 0.273. The summed E-state index contributed by atoms with van der Waals surface area (Å²) in [6, 6.07) is 4.01. The van der Waals surface area contributed by atoms with Gasteiger partial charge in [-0.2, -0.15) is 0 Å². The lowest BCUT2D eigenvalue weighted by Crippen LogP contribution is -2.60. The van der Waals surface area contributed by atoms with Crippen molar-refractivity contribution in [2.24, 2.45) is 11.7 Å². The Morgan fingerprint density at radius 3 is 2.45 bits per heavy atom. The van der Waals surface area contributed by atoms with Crippen molar-refractivity contribution in [1.82, 2.24) is 5.32 Å². The largest absolute Gasteiger partial charge is 0.368 e. The van der Waals surface area contributed by atoms with Crippen LogP contribution in [0.1, 0.15) is 37.6 Å². The van der Waals surface area contributed by atoms with Crippen LogP contribution in [0, 0.1) is 16.0 Å². The monoisotopic (exact) mass is 371 g/mol. The summed E-state index contributed by atoms with van der Waals surface area (Å²) in [5.41, 5.74) is 4.12. The van der Waals surface area contributed by atoms with E-state index >= 15 is 0 Å². The molecule has 1 atom stereocenters. The molecule has 22 heavy (non-hydrogen) atoms. The normalized spacial score (nSPS) is 13.5. The number of hydrogen-bond acceptors (Lipinski definition) is 4. The number of halogens is 1. The summed E-state index contributed by atoms with van der Waals surface area (Å²) in [5, 5.41) is 13.6. The van der Waals surface area contributed by atoms with Gasteiger partial charge in [0.05, 0.1) is 9.40 Å². The summed E-state index contributed by atoms with van der Waals surface area (Å²) in [6.45, 7) is 5.30. The summed E-state index contributed by atoms with van der Waals surface area (Å²) in [4.78, 5) is 34.5. The van der Waals surface area contributed by atoms with Gasteiger partial charge in [-0.3, -0.25) is 19.7 Å². The predicted octanol–water partition coefficient (Wildman–Crippen LogP) is 2.38. The Morgan fingerprint density at radius 1 is 1.45 bits per heavy atom. The molecule has 0 saturated carbocycles. The second-order valence-corrected chi connectivity index (χ2v) is 6.08. The van der Waals surface area contributed by atoms with Crippen LogP contribution in [0.3, 0.4) is 0 Å². The third-order valence-electron chi connectivity index (χ3n) is 3.72. The molecular formula is C14H18BrN3O4. The van der Waals surface area contributed by atoms with Crippen molar-refractivity contribution in [3.63, 3.8) is 0 Å². The van der Waals surface area contributed by atoms with Gasteiger partial charge in [-0.05, 0) is 40.4 Å². The molecule has 0 fully saturated rings. The molecule has 8 heteroatoms. The third kappa shape index (κ3) is 3.44. The van der Waals surface area contributed by atoms with Crippen LogP contribution in [0.5, 0.6) is 0 Å². The van der Waals surface area contributed by atoms with Crippen LogP contribution >= 0.6 is 15.9 Å². The summed E-state index contributed by atoms with van der Waals surface area (Å²) in [7, 11) is 0. The molecule has 2 amide bonds. The van der Waals surface area contributed by atoms with Crippen LogP contribution in [0.25, 0.3) is 0 Å². The summed E-state index contributed by atoms with van der Waals surface area (Å²) >= 11 is 3.05. The van der Waals surface area contributed by atoms with Crippen LogP contribution in [-0.4, -0.2) is 22.3 Å². The molecule has 0 aliphatic rings. The minimum absolute atomic E-state index is 0.0922. The average Bonchev–Trinajstić information content (AvgIpc) is 2.43. The first-order valence-corrected chi connectivity index (χ1v) is 7.51. The quantitative estimate of drug-likeness (QED) is 0.589. The Morgan fingerprint density at radius 2 is 2.05 bits per heavy atom. The van der Waals surface area contributed by atoms with Crippen LogP contribution in [0.4, 0.5) is 5.69 Å². The molecule has 0 radical (unpaired) electrons. The number of benzene rings is 1. The number of nitrogens with one attached hydrogen (secondary N) is 1. The summed E-state index contributed by atoms with van der Waals surface area (Å²) in [6.07, 6.45) is 0.324. The first-order chi connectivity index (χ1) is 10.2. The lowest BCUT2D eigenvalue weighted by molar-refractivity contribution is -0.385. The third-order valence-corrected chi connectivity index (χ3v) is 4.40. The van der Waals surface area contributed by atoms with Gasteiger partial charge in [0, 0.05) is 11.6 Å². The van der Waals surface area contributed by atoms with Crippen LogP contribution in [0.15, 0.2) is 22.7 Å². The van der Waals surface area contributed by atoms with Crippen molar-refractivity contribution in [2.45, 2.75) is 32.7 Å². The fraction of sp³-hybridized carbons (Fsp3) is 0.429. The first-order valence-electron chi connectivity index (χ1n) is 6.72. The molecule has 0 heterocycles. The van der Waals surface area contributed by atoms with Gasteiger partial charge in [-0.25, -0.2) is 0 Å². The van der Waals surface area contributed by atoms with E-state index in [9.17, 15) is 19.7 Å². The zero-order chi connectivity index (χ0) is 17.1. The van der Waals surface area contributed by atoms with Gasteiger partial charge in [-0.1, -0.05) is 20.8 Å². The standard InChI is InChI=1S/C14H18BrN3O4/c1-4-14(8(2)3,13(16)20)17-12(19)9-5-6-10(15)11(7-9)18(21)22/h5-8H,4H2,1-3H3,(H2,16,20)(H,17,19). The number of nitrogens with zero attached hydrogens (tertiary/aromatic N) is 1. The molecular weight excluding hydrogens is 354 g/mol. The van der Waals surface area contributed by atoms with Crippen LogP contribution in [-0.2, 0) is 4.79 Å². The number of nitrogens with two attached hydrogens (primary N) is 1. The molecule has 3 N–H and O–H groups in total. The Bertz CT molecular complexity index is 618. The predicted molar refractivity (Wildman–Crippen MR) is 85.3 cm³/mol. The maximum Gasteiger partial charge on any atom is 0.284 e. The maximum atomic E-state index is 12.4. The van der Waals surface area contributed by atoms with E-state index in [2.05, 4.69) is 21.2 Å². The minimum Gasteiger partial charge on any atom is -0.368 e. The second kappa shape index (κ2) is 6.87. The molecule has 1 aromatic rings. The van der Waals surface area contributed by atoms with E-state index < -0.39 is 22.3 Å². The summed E-state index contributed by atoms with van der Waals surface area (Å²) in [5.74, 6) is -1.43. The number of carbonyl (C=O) groups is 2. The van der Waals surface area contributed by atoms with Crippen molar-refractivity contribution in [2.75, 3.05) is 0 Å². The van der Waals surface area contributed by atoms with E-state index in [1.807, 2.05) is 0 Å². The van der Waals surface area contributed by atoms with E-state index in [4.69, 9.17) is 5.73 Å². The molecule has 0 aliphatic carbocycles. The number of primary amides is 1. The molecule has 0 aromatic heterocycles. The highest BCUT2D eigenvalue weighted by Crippen LogP contribution is 2.27. The van der Waals surface area contributed by atoms with E-state index in [1.165, 1.54) is 12.1 Å². The Balaban J connectivity index is 3.19. The number of rotatable bonds is 6. The minimum atomic E-state index is -1.20. The van der Waals surface area contributed by atoms with Gasteiger partial charge < -0.3 is 11.1 Å². The first kappa shape index (κ1) is 18.1. The molecule has 1 aromatic carbocycles. The topological polar surface area (TPSA) is 115 Å². The molecule has 1 rings (SSSR count). The fourth-order valence-electron chi connectivity index (χ4n) is 2.23. The van der Waals surface area contributed by atoms with Gasteiger partial charge >= 0.3 is 0 Å². The van der Waals surface area contributed by atoms with Gasteiger partial charge in [0.2, 0.25) is 5.91 Å². The van der Waals surface area contributed by atoms with Crippen molar-refractivity contribution in [1.29, 1.82) is 0 Å². The van der Waals surface area contributed by atoms with E-state index in [-0.39, 0.29) is 21.6 Å². The van der Waals surface area contributed by atoms with Gasteiger partial charge in [-0.15, -0.1) is 0 Å². The molecule has 0 aliphatic heterocycles. The van der Waals surface area contributed by atoms with Gasteiger partial charge in [0.15, 0.2) is 0 Å². The Labute approximate surface area is 136 Å². The highest BCUT2D eigenvalue weighted by atomic mass is 79.9. The number of nitro groups is 1. The number of amides is 2. The van der Waals surface area contributed by atoms with E-state index in [1.54, 1.807) is 20.8 Å². The molecule has 7 nitrogen and oxygen atoms in total. The highest BCUT2D eigenvalue weighted by Gasteiger charge is 2.40. The Kier molecular flexibility index (Phi) is 5.65. The zero-order valence-corrected chi connectivity index (χ0v) is 14.1. The van der Waals surface area contributed by atoms with Crippen molar-refractivity contribution in [3.05, 3.63) is 38.3 Å².